The van der Waals surface area contributed by atoms with E-state index in [-0.39, 0.29) is 34.8 Å². The van der Waals surface area contributed by atoms with Crippen LogP contribution in [0.5, 0.6) is 0 Å². The minimum atomic E-state index is -0.503. The van der Waals surface area contributed by atoms with Crippen molar-refractivity contribution in [1.82, 2.24) is 19.7 Å². The molecule has 0 bridgehead atoms. The molecule has 0 saturated carbocycles. The highest BCUT2D eigenvalue weighted by atomic mass is 35.5. The maximum absolute atomic E-state index is 13.2. The number of carbonyl (C=O) groups is 2. The van der Waals surface area contributed by atoms with E-state index in [1.807, 2.05) is 26.8 Å². The van der Waals surface area contributed by atoms with Crippen molar-refractivity contribution >= 4 is 45.8 Å². The summed E-state index contributed by atoms with van der Waals surface area (Å²) in [6.07, 6.45) is 12.4. The number of likely N-dealkylation sites (tertiary alicyclic amines) is 1. The first-order chi connectivity index (χ1) is 19.5. The zero-order chi connectivity index (χ0) is 29.6. The Morgan fingerprint density at radius 2 is 1.93 bits per heavy atom. The lowest BCUT2D eigenvalue weighted by Crippen LogP contribution is -2.41. The van der Waals surface area contributed by atoms with Gasteiger partial charge in [-0.3, -0.25) is 4.79 Å². The molecule has 224 valence electrons. The van der Waals surface area contributed by atoms with Crippen molar-refractivity contribution in [2.24, 2.45) is 0 Å². The number of amides is 2. The minimum absolute atomic E-state index is 0.00602. The zero-order valence-electron chi connectivity index (χ0n) is 24.9. The Morgan fingerprint density at radius 3 is 2.59 bits per heavy atom. The van der Waals surface area contributed by atoms with Crippen molar-refractivity contribution in [3.8, 4) is 0 Å². The number of ether oxygens (including phenoxy) is 2. The molecular formula is C30H43ClN5O4S+. The van der Waals surface area contributed by atoms with Gasteiger partial charge in [-0.15, -0.1) is 5.10 Å². The van der Waals surface area contributed by atoms with E-state index in [9.17, 15) is 9.59 Å². The first-order valence-corrected chi connectivity index (χ1v) is 16.9. The fourth-order valence-electron chi connectivity index (χ4n) is 5.05. The molecule has 1 aromatic heterocycles. The van der Waals surface area contributed by atoms with Crippen molar-refractivity contribution in [3.63, 3.8) is 0 Å². The summed E-state index contributed by atoms with van der Waals surface area (Å²) in [6.45, 7) is 7.73. The Bertz CT molecular complexity index is 1250. The van der Waals surface area contributed by atoms with E-state index in [4.69, 9.17) is 21.1 Å². The van der Waals surface area contributed by atoms with Crippen LogP contribution < -0.4 is 5.32 Å². The average molecular weight is 605 g/mol. The molecule has 1 aromatic carbocycles. The molecule has 0 unspecified atom stereocenters. The van der Waals surface area contributed by atoms with Gasteiger partial charge in [0.15, 0.2) is 0 Å². The molecule has 1 N–H and O–H groups in total. The molecule has 11 heteroatoms. The van der Waals surface area contributed by atoms with Gasteiger partial charge in [-0.05, 0) is 111 Å². The van der Waals surface area contributed by atoms with Crippen LogP contribution in [0.2, 0.25) is 5.28 Å². The van der Waals surface area contributed by atoms with Crippen LogP contribution in [0.15, 0.2) is 24.3 Å². The Hall–Kier alpha value is -2.56. The number of aromatic nitrogens is 3. The lowest BCUT2D eigenvalue weighted by atomic mass is 9.85. The monoisotopic (exact) mass is 604 g/mol. The molecule has 0 atom stereocenters. The summed E-state index contributed by atoms with van der Waals surface area (Å²) in [7, 11) is 0.288. The third-order valence-corrected chi connectivity index (χ3v) is 8.49. The number of carbonyl (C=O) groups excluding carboxylic acids is 2. The predicted molar refractivity (Wildman–Crippen MR) is 166 cm³/mol. The number of allylic oxidation sites excluding steroid dienone is 2. The zero-order valence-corrected chi connectivity index (χ0v) is 26.4. The van der Waals surface area contributed by atoms with Gasteiger partial charge >= 0.3 is 6.09 Å². The number of halogens is 1. The molecule has 2 aromatic rings. The fourth-order valence-corrected chi connectivity index (χ4v) is 5.67. The van der Waals surface area contributed by atoms with Gasteiger partial charge in [0.05, 0.1) is 19.1 Å². The van der Waals surface area contributed by atoms with E-state index < -0.39 is 11.5 Å². The van der Waals surface area contributed by atoms with E-state index in [1.54, 1.807) is 4.90 Å². The summed E-state index contributed by atoms with van der Waals surface area (Å²) in [5.74, 6) is 0.877. The normalized spacial score (nSPS) is 16.6. The molecule has 1 aliphatic carbocycles. The highest BCUT2D eigenvalue weighted by Crippen LogP contribution is 2.36. The highest BCUT2D eigenvalue weighted by Gasteiger charge is 2.28. The van der Waals surface area contributed by atoms with Gasteiger partial charge in [0.1, 0.15) is 18.1 Å². The van der Waals surface area contributed by atoms with Crippen molar-refractivity contribution in [1.29, 1.82) is 0 Å². The van der Waals surface area contributed by atoms with Crippen LogP contribution >= 0.6 is 11.6 Å². The van der Waals surface area contributed by atoms with Gasteiger partial charge in [0, 0.05) is 24.3 Å². The van der Waals surface area contributed by atoms with Crippen LogP contribution in [0.1, 0.15) is 87.0 Å². The molecule has 2 amide bonds. The van der Waals surface area contributed by atoms with Crippen LogP contribution in [-0.4, -0.2) is 75.2 Å². The lowest BCUT2D eigenvalue weighted by Gasteiger charge is -2.34. The SMILES string of the molecule is C[S+](C)CCOCn1nc(C(=O)Nc2ccc(C3CCN(C(=O)OC(C)(C)C)CC3)cc2C2=CCCCC2)nc1Cl. The number of rotatable bonds is 9. The Morgan fingerprint density at radius 1 is 1.17 bits per heavy atom. The molecule has 1 saturated heterocycles. The van der Waals surface area contributed by atoms with Gasteiger partial charge in [0.25, 0.3) is 5.91 Å². The smallest absolute Gasteiger partial charge is 0.410 e. The van der Waals surface area contributed by atoms with Crippen LogP contribution in [0.25, 0.3) is 5.57 Å². The number of piperidine rings is 1. The van der Waals surface area contributed by atoms with E-state index in [2.05, 4.69) is 46.1 Å². The summed E-state index contributed by atoms with van der Waals surface area (Å²) in [4.78, 5) is 31.7. The summed E-state index contributed by atoms with van der Waals surface area (Å²) in [5.41, 5.74) is 3.73. The summed E-state index contributed by atoms with van der Waals surface area (Å²) in [5, 5.41) is 7.43. The maximum Gasteiger partial charge on any atom is 0.410 e. The number of nitrogens with one attached hydrogen (secondary N) is 1. The molecule has 2 aliphatic rings. The van der Waals surface area contributed by atoms with E-state index in [1.165, 1.54) is 22.2 Å². The van der Waals surface area contributed by atoms with Crippen molar-refractivity contribution < 1.29 is 19.1 Å². The van der Waals surface area contributed by atoms with Gasteiger partial charge in [-0.25, -0.2) is 9.48 Å². The first-order valence-electron chi connectivity index (χ1n) is 14.3. The molecule has 0 spiro atoms. The molecule has 1 fully saturated rings. The molecule has 4 rings (SSSR count). The van der Waals surface area contributed by atoms with Crippen LogP contribution in [0.4, 0.5) is 10.5 Å². The summed E-state index contributed by atoms with van der Waals surface area (Å²) < 4.78 is 12.6. The third kappa shape index (κ3) is 8.96. The Kier molecular flexibility index (Phi) is 10.8. The lowest BCUT2D eigenvalue weighted by molar-refractivity contribution is 0.0204. The number of nitrogens with zero attached hydrogens (tertiary/aromatic N) is 4. The van der Waals surface area contributed by atoms with Crippen molar-refractivity contribution in [2.75, 3.05) is 43.3 Å². The van der Waals surface area contributed by atoms with E-state index >= 15 is 0 Å². The Labute approximate surface area is 251 Å². The number of hydrogen-bond acceptors (Lipinski definition) is 6. The first kappa shape index (κ1) is 31.4. The van der Waals surface area contributed by atoms with Gasteiger partial charge in [-0.1, -0.05) is 12.1 Å². The summed E-state index contributed by atoms with van der Waals surface area (Å²) in [6, 6.07) is 6.27. The topological polar surface area (TPSA) is 98.6 Å². The molecule has 41 heavy (non-hydrogen) atoms. The second kappa shape index (κ2) is 14.1. The average Bonchev–Trinajstić information content (AvgIpc) is 3.31. The quantitative estimate of drug-likeness (QED) is 0.274. The standard InChI is InChI=1S/C30H42ClN5O4S/c1-30(2,3)40-29(38)35-15-13-21(14-16-35)23-11-12-25(24(19-23)22-9-7-6-8-10-22)32-27(37)26-33-28(31)36(34-26)20-39-17-18-41(4)5/h9,11-12,19,21H,6-8,10,13-18,20H2,1-5H3/p+1. The molecular weight excluding hydrogens is 562 g/mol. The van der Waals surface area contributed by atoms with Crippen molar-refractivity contribution in [2.45, 2.75) is 77.5 Å². The molecule has 0 radical (unpaired) electrons. The fraction of sp³-hybridized carbons (Fsp3) is 0.600. The second-order valence-electron chi connectivity index (χ2n) is 11.9. The van der Waals surface area contributed by atoms with Gasteiger partial charge < -0.3 is 19.7 Å². The third-order valence-electron chi connectivity index (χ3n) is 7.23. The van der Waals surface area contributed by atoms with E-state index in [0.717, 1.165) is 49.1 Å². The predicted octanol–water partition coefficient (Wildman–Crippen LogP) is 6.11. The highest BCUT2D eigenvalue weighted by molar-refractivity contribution is 7.95. The second-order valence-corrected chi connectivity index (χ2v) is 14.6. The molecule has 1 aliphatic heterocycles. The maximum atomic E-state index is 13.2. The number of hydrogen-bond donors (Lipinski definition) is 1. The Balaban J connectivity index is 1.46. The minimum Gasteiger partial charge on any atom is -0.444 e. The largest absolute Gasteiger partial charge is 0.444 e. The van der Waals surface area contributed by atoms with Crippen LogP contribution in [0, 0.1) is 0 Å². The number of benzene rings is 1. The van der Waals surface area contributed by atoms with Gasteiger partial charge in [-0.2, -0.15) is 4.98 Å². The van der Waals surface area contributed by atoms with Crippen LogP contribution in [0.3, 0.4) is 0 Å². The van der Waals surface area contributed by atoms with Crippen LogP contribution in [-0.2, 0) is 27.1 Å². The van der Waals surface area contributed by atoms with E-state index in [0.29, 0.717) is 25.6 Å². The van der Waals surface area contributed by atoms with Crippen molar-refractivity contribution in [3.05, 3.63) is 46.5 Å². The molecule has 2 heterocycles. The number of anilines is 1. The summed E-state index contributed by atoms with van der Waals surface area (Å²) >= 11 is 6.24. The molecule has 9 nitrogen and oxygen atoms in total. The van der Waals surface area contributed by atoms with Gasteiger partial charge in [0.2, 0.25) is 11.1 Å².